The number of thiazole rings is 1. The molecule has 12 nitrogen and oxygen atoms in total. The lowest BCUT2D eigenvalue weighted by Gasteiger charge is -2.22. The zero-order valence-electron chi connectivity index (χ0n) is 33.0. The van der Waals surface area contributed by atoms with Crippen LogP contribution in [-0.2, 0) is 20.8 Å². The highest BCUT2D eigenvalue weighted by molar-refractivity contribution is 8.76. The Morgan fingerprint density at radius 1 is 0.982 bits per heavy atom. The monoisotopic (exact) mass is 820 g/mol. The Kier molecular flexibility index (Phi) is 19.5. The number of hydrogen-bond donors (Lipinski definition) is 3. The minimum atomic E-state index is -0.0942. The van der Waals surface area contributed by atoms with Gasteiger partial charge < -0.3 is 35.0 Å². The number of aldehydes is 2. The van der Waals surface area contributed by atoms with Gasteiger partial charge in [-0.05, 0) is 81.8 Å². The van der Waals surface area contributed by atoms with Gasteiger partial charge in [0.1, 0.15) is 12.6 Å². The molecule has 300 valence electrons. The highest BCUT2D eigenvalue weighted by Crippen LogP contribution is 2.41. The maximum absolute atomic E-state index is 13.3. The minimum Gasteiger partial charge on any atom is -0.493 e. The van der Waals surface area contributed by atoms with Gasteiger partial charge in [0.15, 0.2) is 16.6 Å². The van der Waals surface area contributed by atoms with Crippen molar-refractivity contribution < 1.29 is 28.7 Å². The van der Waals surface area contributed by atoms with E-state index in [1.54, 1.807) is 46.3 Å². The molecule has 0 aliphatic carbocycles. The first-order valence-corrected chi connectivity index (χ1v) is 21.5. The van der Waals surface area contributed by atoms with Crippen LogP contribution >= 0.6 is 32.9 Å². The number of para-hydroxylation sites is 1. The van der Waals surface area contributed by atoms with Gasteiger partial charge in [0.05, 0.1) is 36.7 Å². The summed E-state index contributed by atoms with van der Waals surface area (Å²) in [6.07, 6.45) is 9.88. The molecule has 0 bridgehead atoms. The average Bonchev–Trinajstić information content (AvgIpc) is 3.78. The number of nitrogens with zero attached hydrogens (tertiary/aromatic N) is 3. The molecule has 2 aliphatic rings. The van der Waals surface area contributed by atoms with Gasteiger partial charge in [-0.15, -0.1) is 11.3 Å². The molecule has 1 atom stereocenters. The molecular formula is C41H52N6O6S3. The fourth-order valence-electron chi connectivity index (χ4n) is 5.48. The molecule has 15 heteroatoms. The van der Waals surface area contributed by atoms with Crippen molar-refractivity contribution in [3.8, 4) is 11.5 Å². The second kappa shape index (κ2) is 23.9. The Morgan fingerprint density at radius 3 is 2.29 bits per heavy atom. The number of aryl methyl sites for hydroxylation is 1. The van der Waals surface area contributed by atoms with E-state index < -0.39 is 0 Å². The molecule has 0 fully saturated rings. The Morgan fingerprint density at radius 2 is 1.70 bits per heavy atom. The third-order valence-corrected chi connectivity index (χ3v) is 11.9. The molecule has 0 radical (unpaired) electrons. The van der Waals surface area contributed by atoms with Crippen LogP contribution in [0.2, 0.25) is 0 Å². The Hall–Kier alpha value is -4.86. The maximum Gasteiger partial charge on any atom is 0.261 e. The molecule has 3 aromatic carbocycles. The normalized spacial score (nSPS) is 13.3. The van der Waals surface area contributed by atoms with E-state index in [2.05, 4.69) is 46.0 Å². The van der Waals surface area contributed by atoms with Crippen molar-refractivity contribution in [2.75, 3.05) is 54.9 Å². The summed E-state index contributed by atoms with van der Waals surface area (Å²) in [5.41, 5.74) is 6.05. The number of methoxy groups -OCH3 is 1. The largest absolute Gasteiger partial charge is 0.493 e. The number of fused-ring (bicyclic) bond motifs is 4. The molecule has 2 amide bonds. The van der Waals surface area contributed by atoms with E-state index in [0.29, 0.717) is 55.0 Å². The first-order valence-electron chi connectivity index (χ1n) is 18.0. The summed E-state index contributed by atoms with van der Waals surface area (Å²) in [7, 11) is 8.85. The standard InChI is InChI=1S/C21H20N2O4.C8H10N2O.C7H14OS2.C5H8N2S/c1-26-19-11-16-17(12-20(19)27-9-5-4-8-24)22-13-15-10-14-6-2-3-7-18(14)23(15)21(16)25;1-9-7-2-4-8(5-3-7)10-6-11;1-7(2,10-9-3)5-4-6-8;1-4-3-8-5(6-2)7-4/h2-3,6-8,11-13,15H,4-5,9-10H2,1H3;2-6,9H,1H3,(H,10,11);6H,4-5H2,1-3H3;3H,1-2H3,(H,6,7). The van der Waals surface area contributed by atoms with Crippen LogP contribution in [0, 0.1) is 6.92 Å². The van der Waals surface area contributed by atoms with Crippen molar-refractivity contribution in [1.29, 1.82) is 0 Å². The van der Waals surface area contributed by atoms with E-state index in [1.165, 1.54) is 0 Å². The highest BCUT2D eigenvalue weighted by Gasteiger charge is 2.36. The lowest BCUT2D eigenvalue weighted by Crippen LogP contribution is -2.37. The molecule has 3 N–H and O–H groups in total. The number of nitrogens with one attached hydrogen (secondary N) is 3. The van der Waals surface area contributed by atoms with Crippen LogP contribution in [0.1, 0.15) is 61.1 Å². The number of aliphatic imine (C=N–C) groups is 1. The molecule has 0 saturated carbocycles. The van der Waals surface area contributed by atoms with E-state index in [4.69, 9.17) is 9.47 Å². The smallest absolute Gasteiger partial charge is 0.261 e. The topological polar surface area (TPSA) is 151 Å². The number of amides is 2. The van der Waals surface area contributed by atoms with Gasteiger partial charge in [-0.2, -0.15) is 0 Å². The predicted octanol–water partition coefficient (Wildman–Crippen LogP) is 8.89. The Labute approximate surface area is 342 Å². The molecule has 0 spiro atoms. The van der Waals surface area contributed by atoms with Crippen LogP contribution in [0.25, 0.3) is 0 Å². The van der Waals surface area contributed by atoms with Crippen molar-refractivity contribution in [2.24, 2.45) is 4.99 Å². The predicted molar refractivity (Wildman–Crippen MR) is 235 cm³/mol. The molecular weight excluding hydrogens is 769 g/mol. The maximum atomic E-state index is 13.3. The summed E-state index contributed by atoms with van der Waals surface area (Å²) in [6.45, 7) is 6.71. The number of hydrogen-bond acceptors (Lipinski definition) is 13. The summed E-state index contributed by atoms with van der Waals surface area (Å²) in [5.74, 6) is 0.909. The van der Waals surface area contributed by atoms with Crippen molar-refractivity contribution in [2.45, 2.75) is 63.7 Å². The number of ether oxygens (including phenoxy) is 2. The zero-order chi connectivity index (χ0) is 40.9. The average molecular weight is 821 g/mol. The fraction of sp³-hybridized carbons (Fsp3) is 0.366. The quantitative estimate of drug-likeness (QED) is 0.0599. The first kappa shape index (κ1) is 45.5. The van der Waals surface area contributed by atoms with E-state index in [0.717, 1.165) is 58.9 Å². The van der Waals surface area contributed by atoms with Gasteiger partial charge in [0.2, 0.25) is 6.41 Å². The summed E-state index contributed by atoms with van der Waals surface area (Å²) in [4.78, 5) is 54.3. The second-order valence-electron chi connectivity index (χ2n) is 12.9. The minimum absolute atomic E-state index is 0.0924. The van der Waals surface area contributed by atoms with E-state index >= 15 is 0 Å². The number of aromatic nitrogens is 1. The molecule has 3 heterocycles. The zero-order valence-corrected chi connectivity index (χ0v) is 35.4. The number of carbonyl (C=O) groups excluding carboxylic acids is 4. The van der Waals surface area contributed by atoms with Gasteiger partial charge >= 0.3 is 0 Å². The number of benzene rings is 3. The fourth-order valence-corrected chi connectivity index (χ4v) is 8.39. The van der Waals surface area contributed by atoms with Gasteiger partial charge in [0, 0.05) is 72.8 Å². The Bertz CT molecular complexity index is 1890. The molecule has 1 unspecified atom stereocenters. The lowest BCUT2D eigenvalue weighted by molar-refractivity contribution is -0.108. The number of unbranched alkanes of at least 4 members (excludes halogenated alkanes) is 1. The second-order valence-corrected chi connectivity index (χ2v) is 16.8. The van der Waals surface area contributed by atoms with Crippen LogP contribution in [0.3, 0.4) is 0 Å². The van der Waals surface area contributed by atoms with Gasteiger partial charge in [-0.3, -0.25) is 19.5 Å². The van der Waals surface area contributed by atoms with Crippen molar-refractivity contribution in [3.63, 3.8) is 0 Å². The first-order chi connectivity index (χ1) is 27.0. The highest BCUT2D eigenvalue weighted by atomic mass is 33.1. The summed E-state index contributed by atoms with van der Waals surface area (Å²) in [5, 5.41) is 11.5. The molecule has 0 saturated heterocycles. The van der Waals surface area contributed by atoms with Crippen LogP contribution < -0.4 is 30.3 Å². The van der Waals surface area contributed by atoms with Crippen LogP contribution in [-0.4, -0.2) is 80.9 Å². The lowest BCUT2D eigenvalue weighted by atomic mass is 10.1. The summed E-state index contributed by atoms with van der Waals surface area (Å²) in [6, 6.07) is 18.7. The number of anilines is 4. The van der Waals surface area contributed by atoms with Gasteiger partial charge in [0.25, 0.3) is 5.91 Å². The molecule has 56 heavy (non-hydrogen) atoms. The van der Waals surface area contributed by atoms with E-state index in [1.807, 2.05) is 91.9 Å². The van der Waals surface area contributed by atoms with Crippen molar-refractivity contribution in [3.05, 3.63) is 82.9 Å². The Balaban J connectivity index is 0.000000238. The third-order valence-electron chi connectivity index (χ3n) is 8.26. The summed E-state index contributed by atoms with van der Waals surface area (Å²) >= 11 is 1.63. The molecule has 2 aliphatic heterocycles. The van der Waals surface area contributed by atoms with Gasteiger partial charge in [-0.1, -0.05) is 39.8 Å². The number of carbonyl (C=O) groups is 4. The molecule has 6 rings (SSSR count). The van der Waals surface area contributed by atoms with E-state index in [9.17, 15) is 19.2 Å². The molecule has 4 aromatic rings. The SMILES string of the molecule is CNc1ccc(NC=O)cc1.CNc1nc(C)cs1.COc1cc2c(cc1OCCCC=O)N=CC1Cc3ccccc3N1C2=O.CSSC(C)(C)CCC=O. The van der Waals surface area contributed by atoms with Crippen LogP contribution in [0.4, 0.5) is 27.9 Å². The number of rotatable bonds is 15. The van der Waals surface area contributed by atoms with Gasteiger partial charge in [-0.25, -0.2) is 4.98 Å². The molecule has 1 aromatic heterocycles. The van der Waals surface area contributed by atoms with Crippen LogP contribution in [0.5, 0.6) is 11.5 Å². The summed E-state index contributed by atoms with van der Waals surface area (Å²) < 4.78 is 11.4. The van der Waals surface area contributed by atoms with E-state index in [-0.39, 0.29) is 16.7 Å². The third kappa shape index (κ3) is 14.0. The van der Waals surface area contributed by atoms with Crippen LogP contribution in [0.15, 0.2) is 71.0 Å². The van der Waals surface area contributed by atoms with Crippen molar-refractivity contribution in [1.82, 2.24) is 4.98 Å². The van der Waals surface area contributed by atoms with Crippen molar-refractivity contribution >= 4 is 91.9 Å².